The molecule has 0 unspecified atom stereocenters. The van der Waals surface area contributed by atoms with Gasteiger partial charge < -0.3 is 10.6 Å². The van der Waals surface area contributed by atoms with Crippen LogP contribution in [0.5, 0.6) is 0 Å². The summed E-state index contributed by atoms with van der Waals surface area (Å²) in [6.45, 7) is 0. The summed E-state index contributed by atoms with van der Waals surface area (Å²) in [5.41, 5.74) is 8.42. The van der Waals surface area contributed by atoms with Gasteiger partial charge in [-0.2, -0.15) is 5.10 Å². The van der Waals surface area contributed by atoms with E-state index in [0.717, 1.165) is 22.6 Å². The molecule has 3 rings (SSSR count). The van der Waals surface area contributed by atoms with E-state index >= 15 is 0 Å². The Bertz CT molecular complexity index is 763. The van der Waals surface area contributed by atoms with Crippen LogP contribution >= 0.6 is 12.2 Å². The summed E-state index contributed by atoms with van der Waals surface area (Å²) in [6, 6.07) is 9.68. The number of aromatic nitrogens is 3. The lowest BCUT2D eigenvalue weighted by atomic mass is 10.2. The molecule has 0 fully saturated rings. The van der Waals surface area contributed by atoms with E-state index in [1.807, 2.05) is 48.5 Å². The number of rotatable bonds is 3. The molecule has 0 saturated heterocycles. The van der Waals surface area contributed by atoms with Crippen LogP contribution in [0.3, 0.4) is 0 Å². The van der Waals surface area contributed by atoms with Crippen molar-refractivity contribution in [1.82, 2.24) is 14.6 Å². The molecule has 20 heavy (non-hydrogen) atoms. The highest BCUT2D eigenvalue weighted by Gasteiger charge is 2.10. The predicted octanol–water partition coefficient (Wildman–Crippen LogP) is 2.13. The van der Waals surface area contributed by atoms with E-state index in [1.54, 1.807) is 16.9 Å². The maximum Gasteiger partial charge on any atom is 0.158 e. The Morgan fingerprint density at radius 2 is 1.95 bits per heavy atom. The molecule has 0 spiro atoms. The molecule has 0 saturated carbocycles. The van der Waals surface area contributed by atoms with Gasteiger partial charge >= 0.3 is 0 Å². The lowest BCUT2D eigenvalue weighted by molar-refractivity contribution is 0.938. The van der Waals surface area contributed by atoms with E-state index in [4.69, 9.17) is 18.0 Å². The van der Waals surface area contributed by atoms with Gasteiger partial charge in [0, 0.05) is 30.7 Å². The van der Waals surface area contributed by atoms with Crippen LogP contribution in [-0.4, -0.2) is 26.6 Å². The molecule has 0 bridgehead atoms. The number of benzene rings is 1. The Kier molecular flexibility index (Phi) is 3.08. The van der Waals surface area contributed by atoms with E-state index in [-0.39, 0.29) is 0 Å². The number of hydrogen-bond donors (Lipinski definition) is 1. The lowest BCUT2D eigenvalue weighted by Gasteiger charge is -2.19. The maximum absolute atomic E-state index is 5.61. The molecule has 0 amide bonds. The van der Waals surface area contributed by atoms with Crippen LogP contribution in [0.2, 0.25) is 0 Å². The quantitative estimate of drug-likeness (QED) is 0.746. The number of thiocarbonyl (C=S) groups is 1. The molecule has 2 heterocycles. The molecule has 3 aromatic rings. The summed E-state index contributed by atoms with van der Waals surface area (Å²) in [5.74, 6) is 0.841. The monoisotopic (exact) mass is 283 g/mol. The van der Waals surface area contributed by atoms with Gasteiger partial charge in [0.05, 0.1) is 6.20 Å². The number of nitrogens with two attached hydrogens (primary N) is 1. The molecule has 0 aliphatic rings. The summed E-state index contributed by atoms with van der Waals surface area (Å²) >= 11 is 4.96. The largest absolute Gasteiger partial charge is 0.389 e. The Balaban J connectivity index is 2.01. The summed E-state index contributed by atoms with van der Waals surface area (Å²) in [6.07, 6.45) is 5.31. The van der Waals surface area contributed by atoms with Gasteiger partial charge in [0.1, 0.15) is 10.5 Å². The second kappa shape index (κ2) is 4.90. The van der Waals surface area contributed by atoms with Crippen molar-refractivity contribution in [2.75, 3.05) is 11.9 Å². The summed E-state index contributed by atoms with van der Waals surface area (Å²) in [4.78, 5) is 6.83. The smallest absolute Gasteiger partial charge is 0.158 e. The molecule has 100 valence electrons. The van der Waals surface area contributed by atoms with Crippen LogP contribution in [-0.2, 0) is 0 Å². The van der Waals surface area contributed by atoms with Crippen LogP contribution in [0.25, 0.3) is 5.52 Å². The third-order valence-electron chi connectivity index (χ3n) is 3.16. The van der Waals surface area contributed by atoms with Gasteiger partial charge in [0.25, 0.3) is 0 Å². The zero-order valence-electron chi connectivity index (χ0n) is 10.9. The molecular weight excluding hydrogens is 270 g/mol. The molecule has 0 atom stereocenters. The highest BCUT2D eigenvalue weighted by molar-refractivity contribution is 7.80. The van der Waals surface area contributed by atoms with Crippen LogP contribution in [0.4, 0.5) is 11.5 Å². The molecule has 0 aliphatic carbocycles. The normalized spacial score (nSPS) is 10.7. The molecule has 2 aromatic heterocycles. The van der Waals surface area contributed by atoms with E-state index in [9.17, 15) is 0 Å². The molecule has 5 nitrogen and oxygen atoms in total. The first-order chi connectivity index (χ1) is 9.66. The average Bonchev–Trinajstić information content (AvgIpc) is 2.95. The van der Waals surface area contributed by atoms with Crippen molar-refractivity contribution in [2.45, 2.75) is 0 Å². The van der Waals surface area contributed by atoms with E-state index in [2.05, 4.69) is 10.1 Å². The SMILES string of the molecule is CN(c1ccc(C(N)=S)cc1)c1nccn2nccc12. The highest BCUT2D eigenvalue weighted by Crippen LogP contribution is 2.25. The minimum atomic E-state index is 0.398. The topological polar surface area (TPSA) is 59.5 Å². The Morgan fingerprint density at radius 3 is 2.65 bits per heavy atom. The van der Waals surface area contributed by atoms with E-state index < -0.39 is 0 Å². The van der Waals surface area contributed by atoms with Crippen LogP contribution in [0, 0.1) is 0 Å². The number of anilines is 2. The minimum absolute atomic E-state index is 0.398. The van der Waals surface area contributed by atoms with Crippen LogP contribution in [0.15, 0.2) is 48.9 Å². The summed E-state index contributed by atoms with van der Waals surface area (Å²) < 4.78 is 1.79. The van der Waals surface area contributed by atoms with Crippen molar-refractivity contribution in [1.29, 1.82) is 0 Å². The third kappa shape index (κ3) is 2.10. The number of hydrogen-bond acceptors (Lipinski definition) is 4. The Hall–Kier alpha value is -2.47. The van der Waals surface area contributed by atoms with Crippen LogP contribution < -0.4 is 10.6 Å². The van der Waals surface area contributed by atoms with Crippen molar-refractivity contribution in [3.63, 3.8) is 0 Å². The van der Waals surface area contributed by atoms with Crippen molar-refractivity contribution in [2.24, 2.45) is 5.73 Å². The van der Waals surface area contributed by atoms with Gasteiger partial charge in [-0.3, -0.25) is 0 Å². The first-order valence-corrected chi connectivity index (χ1v) is 6.49. The van der Waals surface area contributed by atoms with Gasteiger partial charge in [0.2, 0.25) is 0 Å². The lowest BCUT2D eigenvalue weighted by Crippen LogP contribution is -2.13. The highest BCUT2D eigenvalue weighted by atomic mass is 32.1. The Morgan fingerprint density at radius 1 is 1.20 bits per heavy atom. The molecule has 0 aliphatic heterocycles. The fourth-order valence-corrected chi connectivity index (χ4v) is 2.21. The number of nitrogens with zero attached hydrogens (tertiary/aromatic N) is 4. The molecular formula is C14H13N5S. The van der Waals surface area contributed by atoms with Gasteiger partial charge in [0.15, 0.2) is 5.82 Å². The third-order valence-corrected chi connectivity index (χ3v) is 3.40. The standard InChI is InChI=1S/C14H13N5S/c1-18(11-4-2-10(3-5-11)13(15)20)14-12-6-7-17-19(12)9-8-16-14/h2-9H,1H3,(H2,15,20). The molecule has 1 aromatic carbocycles. The second-order valence-electron chi connectivity index (χ2n) is 4.38. The van der Waals surface area contributed by atoms with Crippen molar-refractivity contribution < 1.29 is 0 Å². The zero-order chi connectivity index (χ0) is 14.1. The van der Waals surface area contributed by atoms with E-state index in [1.165, 1.54) is 0 Å². The Labute approximate surface area is 121 Å². The molecule has 6 heteroatoms. The molecule has 0 radical (unpaired) electrons. The molecule has 2 N–H and O–H groups in total. The van der Waals surface area contributed by atoms with E-state index in [0.29, 0.717) is 4.99 Å². The number of fused-ring (bicyclic) bond motifs is 1. The van der Waals surface area contributed by atoms with Gasteiger partial charge in [-0.25, -0.2) is 9.50 Å². The van der Waals surface area contributed by atoms with Gasteiger partial charge in [-0.15, -0.1) is 0 Å². The fourth-order valence-electron chi connectivity index (χ4n) is 2.07. The fraction of sp³-hybridized carbons (Fsp3) is 0.0714. The maximum atomic E-state index is 5.61. The first kappa shape index (κ1) is 12.6. The van der Waals surface area contributed by atoms with Gasteiger partial charge in [-0.05, 0) is 30.3 Å². The predicted molar refractivity (Wildman–Crippen MR) is 83.4 cm³/mol. The van der Waals surface area contributed by atoms with Crippen molar-refractivity contribution in [3.05, 3.63) is 54.5 Å². The summed E-state index contributed by atoms with van der Waals surface area (Å²) in [7, 11) is 1.96. The second-order valence-corrected chi connectivity index (χ2v) is 4.82. The van der Waals surface area contributed by atoms with Crippen LogP contribution in [0.1, 0.15) is 5.56 Å². The zero-order valence-corrected chi connectivity index (χ0v) is 11.7. The minimum Gasteiger partial charge on any atom is -0.389 e. The average molecular weight is 283 g/mol. The van der Waals surface area contributed by atoms with Gasteiger partial charge in [-0.1, -0.05) is 12.2 Å². The van der Waals surface area contributed by atoms with Crippen molar-refractivity contribution in [3.8, 4) is 0 Å². The summed E-state index contributed by atoms with van der Waals surface area (Å²) in [5, 5.41) is 4.21. The van der Waals surface area contributed by atoms with Crippen molar-refractivity contribution >= 4 is 34.2 Å². The first-order valence-electron chi connectivity index (χ1n) is 6.09.